The van der Waals surface area contributed by atoms with Gasteiger partial charge in [0.2, 0.25) is 0 Å². The standard InChI is InChI=1S/C11H13FN4/c1-16-10(6-7-13)14-11(15-16)8-2-4-9(12)5-3-8/h2-5H,6-7,13H2,1H3. The molecule has 0 aliphatic rings. The maximum Gasteiger partial charge on any atom is 0.181 e. The summed E-state index contributed by atoms with van der Waals surface area (Å²) in [6, 6.07) is 6.12. The Morgan fingerprint density at radius 1 is 1.31 bits per heavy atom. The van der Waals surface area contributed by atoms with Gasteiger partial charge >= 0.3 is 0 Å². The van der Waals surface area contributed by atoms with Crippen LogP contribution in [0.15, 0.2) is 24.3 Å². The quantitative estimate of drug-likeness (QED) is 0.843. The highest BCUT2D eigenvalue weighted by Crippen LogP contribution is 2.15. The zero-order valence-corrected chi connectivity index (χ0v) is 9.02. The molecule has 0 aliphatic heterocycles. The summed E-state index contributed by atoms with van der Waals surface area (Å²) < 4.78 is 14.4. The Bertz CT molecular complexity index is 475. The first-order valence-corrected chi connectivity index (χ1v) is 5.06. The highest BCUT2D eigenvalue weighted by atomic mass is 19.1. The van der Waals surface area contributed by atoms with Gasteiger partial charge in [0.15, 0.2) is 5.82 Å². The summed E-state index contributed by atoms with van der Waals surface area (Å²) in [6.45, 7) is 0.537. The molecule has 0 saturated heterocycles. The number of aromatic nitrogens is 3. The van der Waals surface area contributed by atoms with Gasteiger partial charge in [0.25, 0.3) is 0 Å². The van der Waals surface area contributed by atoms with Crippen molar-refractivity contribution in [3.8, 4) is 11.4 Å². The van der Waals surface area contributed by atoms with Crippen LogP contribution in [0.1, 0.15) is 5.82 Å². The zero-order valence-electron chi connectivity index (χ0n) is 9.02. The molecule has 0 unspecified atom stereocenters. The third-order valence-electron chi connectivity index (χ3n) is 2.32. The third kappa shape index (κ3) is 2.09. The van der Waals surface area contributed by atoms with Crippen molar-refractivity contribution in [1.29, 1.82) is 0 Å². The Balaban J connectivity index is 2.33. The van der Waals surface area contributed by atoms with Gasteiger partial charge in [-0.3, -0.25) is 4.68 Å². The number of nitrogens with zero attached hydrogens (tertiary/aromatic N) is 3. The van der Waals surface area contributed by atoms with E-state index in [2.05, 4.69) is 10.1 Å². The van der Waals surface area contributed by atoms with Crippen molar-refractivity contribution in [1.82, 2.24) is 14.8 Å². The van der Waals surface area contributed by atoms with Crippen molar-refractivity contribution in [2.24, 2.45) is 12.8 Å². The lowest BCUT2D eigenvalue weighted by atomic mass is 10.2. The molecule has 84 valence electrons. The van der Waals surface area contributed by atoms with Crippen LogP contribution in [0.5, 0.6) is 0 Å². The fourth-order valence-electron chi connectivity index (χ4n) is 1.48. The molecule has 0 spiro atoms. The second kappa shape index (κ2) is 4.40. The van der Waals surface area contributed by atoms with E-state index < -0.39 is 0 Å². The number of benzene rings is 1. The van der Waals surface area contributed by atoms with Crippen molar-refractivity contribution in [2.45, 2.75) is 6.42 Å². The van der Waals surface area contributed by atoms with Crippen LogP contribution in [0.3, 0.4) is 0 Å². The minimum absolute atomic E-state index is 0.262. The summed E-state index contributed by atoms with van der Waals surface area (Å²) in [5, 5.41) is 4.26. The molecule has 1 aromatic heterocycles. The van der Waals surface area contributed by atoms with Crippen LogP contribution < -0.4 is 5.73 Å². The second-order valence-electron chi connectivity index (χ2n) is 3.52. The number of rotatable bonds is 3. The van der Waals surface area contributed by atoms with E-state index in [1.54, 1.807) is 16.8 Å². The van der Waals surface area contributed by atoms with Crippen molar-refractivity contribution in [3.63, 3.8) is 0 Å². The average molecular weight is 220 g/mol. The first-order valence-electron chi connectivity index (χ1n) is 5.06. The molecule has 2 aromatic rings. The molecule has 0 bridgehead atoms. The van der Waals surface area contributed by atoms with Crippen LogP contribution in [0.4, 0.5) is 4.39 Å². The molecule has 0 amide bonds. The molecule has 1 aromatic carbocycles. The molecular formula is C11H13FN4. The lowest BCUT2D eigenvalue weighted by molar-refractivity contribution is 0.628. The molecule has 0 fully saturated rings. The maximum absolute atomic E-state index is 12.7. The SMILES string of the molecule is Cn1nc(-c2ccc(F)cc2)nc1CCN. The molecular weight excluding hydrogens is 207 g/mol. The Kier molecular flexibility index (Phi) is 2.96. The molecule has 5 heteroatoms. The Morgan fingerprint density at radius 2 is 2.00 bits per heavy atom. The molecule has 0 atom stereocenters. The van der Waals surface area contributed by atoms with Crippen molar-refractivity contribution < 1.29 is 4.39 Å². The minimum atomic E-state index is -0.262. The van der Waals surface area contributed by atoms with Gasteiger partial charge in [-0.2, -0.15) is 5.10 Å². The molecule has 2 rings (SSSR count). The highest BCUT2D eigenvalue weighted by molar-refractivity contribution is 5.54. The van der Waals surface area contributed by atoms with Crippen LogP contribution in [0.2, 0.25) is 0 Å². The first-order chi connectivity index (χ1) is 7.70. The van der Waals surface area contributed by atoms with Gasteiger partial charge in [-0.05, 0) is 30.8 Å². The fraction of sp³-hybridized carbons (Fsp3) is 0.273. The molecule has 0 radical (unpaired) electrons. The lowest BCUT2D eigenvalue weighted by Crippen LogP contribution is -2.08. The Morgan fingerprint density at radius 3 is 2.62 bits per heavy atom. The summed E-state index contributed by atoms with van der Waals surface area (Å²) >= 11 is 0. The number of halogens is 1. The van der Waals surface area contributed by atoms with Gasteiger partial charge in [-0.15, -0.1) is 0 Å². The van der Waals surface area contributed by atoms with E-state index in [9.17, 15) is 4.39 Å². The van der Waals surface area contributed by atoms with Crippen LogP contribution in [-0.4, -0.2) is 21.3 Å². The zero-order chi connectivity index (χ0) is 11.5. The molecule has 16 heavy (non-hydrogen) atoms. The summed E-state index contributed by atoms with van der Waals surface area (Å²) in [7, 11) is 1.82. The monoisotopic (exact) mass is 220 g/mol. The average Bonchev–Trinajstić information content (AvgIpc) is 2.62. The van der Waals surface area contributed by atoms with Crippen LogP contribution in [-0.2, 0) is 13.5 Å². The predicted molar refractivity (Wildman–Crippen MR) is 59.2 cm³/mol. The van der Waals surface area contributed by atoms with Crippen LogP contribution >= 0.6 is 0 Å². The first kappa shape index (κ1) is 10.8. The summed E-state index contributed by atoms with van der Waals surface area (Å²) in [4.78, 5) is 4.35. The Labute approximate surface area is 92.9 Å². The van der Waals surface area contributed by atoms with Gasteiger partial charge in [0.05, 0.1) is 0 Å². The Hall–Kier alpha value is -1.75. The van der Waals surface area contributed by atoms with E-state index in [-0.39, 0.29) is 5.82 Å². The molecule has 4 nitrogen and oxygen atoms in total. The van der Waals surface area contributed by atoms with Gasteiger partial charge in [-0.1, -0.05) is 0 Å². The van der Waals surface area contributed by atoms with Crippen LogP contribution in [0, 0.1) is 5.82 Å². The van der Waals surface area contributed by atoms with Gasteiger partial charge in [0, 0.05) is 19.0 Å². The molecule has 1 heterocycles. The number of nitrogens with two attached hydrogens (primary N) is 1. The normalized spacial score (nSPS) is 10.7. The number of hydrogen-bond acceptors (Lipinski definition) is 3. The van der Waals surface area contributed by atoms with Crippen molar-refractivity contribution >= 4 is 0 Å². The third-order valence-corrected chi connectivity index (χ3v) is 2.32. The van der Waals surface area contributed by atoms with Gasteiger partial charge in [0.1, 0.15) is 11.6 Å². The smallest absolute Gasteiger partial charge is 0.181 e. The molecule has 2 N–H and O–H groups in total. The number of hydrogen-bond donors (Lipinski definition) is 1. The molecule has 0 saturated carbocycles. The largest absolute Gasteiger partial charge is 0.330 e. The van der Waals surface area contributed by atoms with E-state index in [4.69, 9.17) is 5.73 Å². The summed E-state index contributed by atoms with van der Waals surface area (Å²) in [6.07, 6.45) is 0.685. The van der Waals surface area contributed by atoms with E-state index in [1.165, 1.54) is 12.1 Å². The van der Waals surface area contributed by atoms with E-state index >= 15 is 0 Å². The highest BCUT2D eigenvalue weighted by Gasteiger charge is 2.08. The van der Waals surface area contributed by atoms with Gasteiger partial charge in [-0.25, -0.2) is 9.37 Å². The maximum atomic E-state index is 12.7. The second-order valence-corrected chi connectivity index (χ2v) is 3.52. The van der Waals surface area contributed by atoms with Crippen molar-refractivity contribution in [3.05, 3.63) is 35.9 Å². The molecule has 0 aliphatic carbocycles. The number of aryl methyl sites for hydroxylation is 1. The summed E-state index contributed by atoms with van der Waals surface area (Å²) in [5.74, 6) is 1.18. The lowest BCUT2D eigenvalue weighted by Gasteiger charge is -1.93. The fourth-order valence-corrected chi connectivity index (χ4v) is 1.48. The van der Waals surface area contributed by atoms with E-state index in [1.807, 2.05) is 7.05 Å². The predicted octanol–water partition coefficient (Wildman–Crippen LogP) is 1.12. The van der Waals surface area contributed by atoms with Crippen LogP contribution in [0.25, 0.3) is 11.4 Å². The summed E-state index contributed by atoms with van der Waals surface area (Å²) in [5.41, 5.74) is 6.27. The van der Waals surface area contributed by atoms with Gasteiger partial charge < -0.3 is 5.73 Å². The topological polar surface area (TPSA) is 56.7 Å². The van der Waals surface area contributed by atoms with E-state index in [0.717, 1.165) is 11.4 Å². The van der Waals surface area contributed by atoms with E-state index in [0.29, 0.717) is 18.8 Å². The van der Waals surface area contributed by atoms with Crippen molar-refractivity contribution in [2.75, 3.05) is 6.54 Å². The minimum Gasteiger partial charge on any atom is -0.330 e.